The lowest BCUT2D eigenvalue weighted by Gasteiger charge is -2.26. The molecule has 11 aromatic carbocycles. The lowest BCUT2D eigenvalue weighted by molar-refractivity contribution is 1.29. The number of anilines is 3. The molecular weight excluding hydrogens is 743 g/mol. The minimum absolute atomic E-state index is 1.11. The predicted molar refractivity (Wildman–Crippen MR) is 260 cm³/mol. The predicted octanol–water partition coefficient (Wildman–Crippen LogP) is 17.1. The molecule has 60 heavy (non-hydrogen) atoms. The van der Waals surface area contributed by atoms with Crippen molar-refractivity contribution in [1.29, 1.82) is 0 Å². The van der Waals surface area contributed by atoms with Gasteiger partial charge in [-0.05, 0) is 119 Å². The van der Waals surface area contributed by atoms with Crippen LogP contribution < -0.4 is 4.90 Å². The Morgan fingerprint density at radius 2 is 0.700 bits per heavy atom. The van der Waals surface area contributed by atoms with Crippen molar-refractivity contribution in [3.05, 3.63) is 224 Å². The average molecular weight is 780 g/mol. The first-order chi connectivity index (χ1) is 29.7. The first-order valence-corrected chi connectivity index (χ1v) is 21.4. The van der Waals surface area contributed by atoms with Crippen LogP contribution in [0.1, 0.15) is 0 Å². The van der Waals surface area contributed by atoms with E-state index in [1.165, 1.54) is 96.6 Å². The van der Waals surface area contributed by atoms with Gasteiger partial charge in [0.2, 0.25) is 0 Å². The quantitative estimate of drug-likeness (QED) is 0.152. The van der Waals surface area contributed by atoms with E-state index in [4.69, 9.17) is 0 Å². The Labute approximate surface area is 352 Å². The van der Waals surface area contributed by atoms with E-state index in [9.17, 15) is 0 Å². The molecule has 0 saturated carbocycles. The summed E-state index contributed by atoms with van der Waals surface area (Å²) in [5, 5.41) is 12.7. The summed E-state index contributed by atoms with van der Waals surface area (Å²) < 4.78 is 2.65. The second kappa shape index (κ2) is 14.1. The Hall–Kier alpha value is -7.52. The number of thiophene rings is 1. The molecule has 0 aliphatic rings. The Morgan fingerprint density at radius 1 is 0.250 bits per heavy atom. The molecule has 0 N–H and O–H groups in total. The fourth-order valence-corrected chi connectivity index (χ4v) is 10.7. The molecule has 12 aromatic rings. The Balaban J connectivity index is 0.990. The molecule has 2 heteroatoms. The van der Waals surface area contributed by atoms with Gasteiger partial charge >= 0.3 is 0 Å². The Kier molecular flexibility index (Phi) is 8.11. The molecule has 1 nitrogen and oxygen atoms in total. The first-order valence-electron chi connectivity index (χ1n) is 20.6. The molecule has 0 aliphatic heterocycles. The van der Waals surface area contributed by atoms with E-state index in [2.05, 4.69) is 229 Å². The minimum atomic E-state index is 1.11. The zero-order valence-electron chi connectivity index (χ0n) is 32.7. The topological polar surface area (TPSA) is 3.24 Å². The van der Waals surface area contributed by atoms with E-state index in [0.717, 1.165) is 17.1 Å². The summed E-state index contributed by atoms with van der Waals surface area (Å²) in [4.78, 5) is 2.40. The van der Waals surface area contributed by atoms with Crippen molar-refractivity contribution in [1.82, 2.24) is 0 Å². The molecule has 0 unspecified atom stereocenters. The van der Waals surface area contributed by atoms with E-state index in [1.807, 2.05) is 11.3 Å². The van der Waals surface area contributed by atoms with E-state index in [0.29, 0.717) is 0 Å². The van der Waals surface area contributed by atoms with Crippen LogP contribution in [0.4, 0.5) is 17.1 Å². The van der Waals surface area contributed by atoms with Crippen molar-refractivity contribution in [2.45, 2.75) is 0 Å². The van der Waals surface area contributed by atoms with Crippen LogP contribution >= 0.6 is 11.3 Å². The molecule has 1 heterocycles. The molecule has 1 aromatic heterocycles. The lowest BCUT2D eigenvalue weighted by atomic mass is 9.93. The second-order valence-corrected chi connectivity index (χ2v) is 16.7. The smallest absolute Gasteiger partial charge is 0.0468 e. The third kappa shape index (κ3) is 5.68. The third-order valence-corrected chi connectivity index (χ3v) is 13.5. The van der Waals surface area contributed by atoms with Gasteiger partial charge in [-0.2, -0.15) is 0 Å². The maximum Gasteiger partial charge on any atom is 0.0468 e. The van der Waals surface area contributed by atoms with Crippen molar-refractivity contribution in [3.8, 4) is 33.4 Å². The van der Waals surface area contributed by atoms with Gasteiger partial charge in [0, 0.05) is 37.2 Å². The molecule has 0 fully saturated rings. The molecule has 0 saturated heterocycles. The highest BCUT2D eigenvalue weighted by atomic mass is 32.1. The average Bonchev–Trinajstić information content (AvgIpc) is 3.71. The SMILES string of the molecule is c1ccc(-c2cccc3c2sc2c(-c4ccc(N(c5ccc(-c6cc7ccccc7c7ccccc67)cc5)c5ccc6ccc7ccccc7c6c5)cc4)cccc23)cc1. The highest BCUT2D eigenvalue weighted by molar-refractivity contribution is 7.26. The van der Waals surface area contributed by atoms with E-state index in [1.54, 1.807) is 0 Å². The molecule has 0 spiro atoms. The van der Waals surface area contributed by atoms with Crippen LogP contribution in [0.3, 0.4) is 0 Å². The van der Waals surface area contributed by atoms with Crippen LogP contribution in [-0.2, 0) is 0 Å². The highest BCUT2D eigenvalue weighted by Crippen LogP contribution is 2.45. The van der Waals surface area contributed by atoms with E-state index >= 15 is 0 Å². The van der Waals surface area contributed by atoms with Crippen LogP contribution in [0.15, 0.2) is 224 Å². The molecule has 0 bridgehead atoms. The molecule has 280 valence electrons. The van der Waals surface area contributed by atoms with Crippen LogP contribution in [0.5, 0.6) is 0 Å². The Bertz CT molecular complexity index is 3580. The summed E-state index contributed by atoms with van der Waals surface area (Å²) in [6.07, 6.45) is 0. The van der Waals surface area contributed by atoms with Crippen LogP contribution in [0.25, 0.3) is 96.6 Å². The van der Waals surface area contributed by atoms with Gasteiger partial charge in [0.1, 0.15) is 0 Å². The molecule has 12 rings (SSSR count). The largest absolute Gasteiger partial charge is 0.310 e. The molecule has 0 atom stereocenters. The molecular formula is C58H37NS. The van der Waals surface area contributed by atoms with Gasteiger partial charge < -0.3 is 4.90 Å². The summed E-state index contributed by atoms with van der Waals surface area (Å²) in [6.45, 7) is 0. The van der Waals surface area contributed by atoms with E-state index < -0.39 is 0 Å². The van der Waals surface area contributed by atoms with Gasteiger partial charge in [0.15, 0.2) is 0 Å². The summed E-state index contributed by atoms with van der Waals surface area (Å²) >= 11 is 1.90. The summed E-state index contributed by atoms with van der Waals surface area (Å²) in [6, 6.07) is 82.4. The number of rotatable bonds is 6. The monoisotopic (exact) mass is 779 g/mol. The highest BCUT2D eigenvalue weighted by Gasteiger charge is 2.18. The minimum Gasteiger partial charge on any atom is -0.310 e. The van der Waals surface area contributed by atoms with E-state index in [-0.39, 0.29) is 0 Å². The number of benzene rings is 11. The van der Waals surface area contributed by atoms with Crippen molar-refractivity contribution in [2.75, 3.05) is 4.90 Å². The zero-order valence-corrected chi connectivity index (χ0v) is 33.5. The van der Waals surface area contributed by atoms with Crippen LogP contribution in [-0.4, -0.2) is 0 Å². The molecule has 0 amide bonds. The maximum absolute atomic E-state index is 2.40. The summed E-state index contributed by atoms with van der Waals surface area (Å²) in [5.41, 5.74) is 10.8. The fraction of sp³-hybridized carbons (Fsp3) is 0. The standard InChI is InChI=1S/C58H37NS/c1-2-12-38(13-3-1)49-20-10-22-53-54-23-11-21-50(58(54)60-57(49)53)40-26-31-44(32-27-40)59(46-35-30-41-25-24-39-14-4-6-16-47(39)56(41)37-46)45-33-28-42(29-34-45)55-36-43-15-5-7-17-48(43)51-18-8-9-19-52(51)55/h1-37H. The number of nitrogens with zero attached hydrogens (tertiary/aromatic N) is 1. The van der Waals surface area contributed by atoms with Crippen molar-refractivity contribution >= 4 is 91.7 Å². The number of fused-ring (bicyclic) bond motifs is 9. The van der Waals surface area contributed by atoms with Crippen LogP contribution in [0, 0.1) is 0 Å². The fourth-order valence-electron chi connectivity index (χ4n) is 9.34. The van der Waals surface area contributed by atoms with Crippen LogP contribution in [0.2, 0.25) is 0 Å². The number of hydrogen-bond donors (Lipinski definition) is 0. The van der Waals surface area contributed by atoms with Crippen molar-refractivity contribution in [3.63, 3.8) is 0 Å². The Morgan fingerprint density at radius 3 is 1.35 bits per heavy atom. The van der Waals surface area contributed by atoms with Gasteiger partial charge in [-0.15, -0.1) is 11.3 Å². The number of hydrogen-bond acceptors (Lipinski definition) is 2. The van der Waals surface area contributed by atoms with Gasteiger partial charge in [-0.3, -0.25) is 0 Å². The second-order valence-electron chi connectivity index (χ2n) is 15.6. The lowest BCUT2D eigenvalue weighted by Crippen LogP contribution is -2.10. The zero-order chi connectivity index (χ0) is 39.6. The van der Waals surface area contributed by atoms with Crippen molar-refractivity contribution in [2.24, 2.45) is 0 Å². The normalized spacial score (nSPS) is 11.7. The van der Waals surface area contributed by atoms with Crippen molar-refractivity contribution < 1.29 is 0 Å². The summed E-state index contributed by atoms with van der Waals surface area (Å²) in [5.74, 6) is 0. The van der Waals surface area contributed by atoms with Gasteiger partial charge in [-0.1, -0.05) is 182 Å². The third-order valence-electron chi connectivity index (χ3n) is 12.2. The summed E-state index contributed by atoms with van der Waals surface area (Å²) in [7, 11) is 0. The molecule has 0 aliphatic carbocycles. The van der Waals surface area contributed by atoms with Gasteiger partial charge in [0.05, 0.1) is 0 Å². The van der Waals surface area contributed by atoms with Gasteiger partial charge in [0.25, 0.3) is 0 Å². The molecule has 0 radical (unpaired) electrons. The first kappa shape index (κ1) is 34.5. The van der Waals surface area contributed by atoms with Gasteiger partial charge in [-0.25, -0.2) is 0 Å². The maximum atomic E-state index is 2.40.